The molecule has 0 radical (unpaired) electrons. The van der Waals surface area contributed by atoms with Crippen LogP contribution in [0.4, 0.5) is 10.6 Å². The van der Waals surface area contributed by atoms with Crippen molar-refractivity contribution < 1.29 is 9.53 Å². The summed E-state index contributed by atoms with van der Waals surface area (Å²) in [6.45, 7) is 10.7. The number of rotatable bonds is 4. The molecule has 172 valence electrons. The number of nitrogens with zero attached hydrogens (tertiary/aromatic N) is 4. The number of piperazine rings is 1. The average Bonchev–Trinajstić information content (AvgIpc) is 2.79. The van der Waals surface area contributed by atoms with Crippen LogP contribution in [0, 0.1) is 0 Å². The fourth-order valence-corrected chi connectivity index (χ4v) is 4.71. The number of carbonyl (C=O) groups is 1. The van der Waals surface area contributed by atoms with Crippen LogP contribution < -0.4 is 4.90 Å². The lowest BCUT2D eigenvalue weighted by molar-refractivity contribution is 0.0240. The van der Waals surface area contributed by atoms with Crippen molar-refractivity contribution in [2.75, 3.05) is 37.6 Å². The number of benzene rings is 1. The number of amides is 1. The maximum Gasteiger partial charge on any atom is 0.410 e. The molecule has 2 aliphatic heterocycles. The molecular formula is C26H36N4O2. The second kappa shape index (κ2) is 9.90. The van der Waals surface area contributed by atoms with E-state index in [1.807, 2.05) is 31.9 Å². The summed E-state index contributed by atoms with van der Waals surface area (Å²) in [6.07, 6.45) is 5.32. The summed E-state index contributed by atoms with van der Waals surface area (Å²) < 4.78 is 5.55. The van der Waals surface area contributed by atoms with Crippen LogP contribution >= 0.6 is 0 Å². The number of likely N-dealkylation sites (tertiary alicyclic amines) is 1. The fraction of sp³-hybridized carbons (Fsp3) is 0.538. The van der Waals surface area contributed by atoms with Gasteiger partial charge in [0.25, 0.3) is 0 Å². The molecule has 0 bridgehead atoms. The Hall–Kier alpha value is -2.60. The average molecular weight is 437 g/mol. The molecule has 3 heterocycles. The Labute approximate surface area is 192 Å². The molecule has 0 saturated carbocycles. The summed E-state index contributed by atoms with van der Waals surface area (Å²) in [7, 11) is 0. The normalized spacial score (nSPS) is 20.3. The number of aromatic nitrogens is 1. The highest BCUT2D eigenvalue weighted by Crippen LogP contribution is 2.36. The van der Waals surface area contributed by atoms with Crippen molar-refractivity contribution in [1.82, 2.24) is 14.8 Å². The van der Waals surface area contributed by atoms with E-state index in [1.54, 1.807) is 0 Å². The molecule has 1 amide bonds. The number of hydrogen-bond acceptors (Lipinski definition) is 5. The highest BCUT2D eigenvalue weighted by molar-refractivity contribution is 5.68. The third-order valence-corrected chi connectivity index (χ3v) is 6.25. The van der Waals surface area contributed by atoms with Crippen LogP contribution in [0.1, 0.15) is 57.2 Å². The number of anilines is 1. The minimum absolute atomic E-state index is 0.222. The first kappa shape index (κ1) is 22.6. The molecule has 32 heavy (non-hydrogen) atoms. The van der Waals surface area contributed by atoms with Crippen molar-refractivity contribution in [3.63, 3.8) is 0 Å². The van der Waals surface area contributed by atoms with E-state index in [0.717, 1.165) is 38.4 Å². The Kier molecular flexibility index (Phi) is 6.99. The van der Waals surface area contributed by atoms with Crippen molar-refractivity contribution in [2.24, 2.45) is 0 Å². The fourth-order valence-electron chi connectivity index (χ4n) is 4.71. The summed E-state index contributed by atoms with van der Waals surface area (Å²) in [6, 6.07) is 15.4. The minimum Gasteiger partial charge on any atom is -0.444 e. The number of ether oxygens (including phenoxy) is 1. The van der Waals surface area contributed by atoms with Crippen LogP contribution in [0.3, 0.4) is 0 Å². The first-order chi connectivity index (χ1) is 15.4. The van der Waals surface area contributed by atoms with Gasteiger partial charge in [-0.2, -0.15) is 0 Å². The van der Waals surface area contributed by atoms with Gasteiger partial charge in [-0.25, -0.2) is 9.78 Å². The van der Waals surface area contributed by atoms with E-state index in [9.17, 15) is 4.79 Å². The maximum absolute atomic E-state index is 12.5. The van der Waals surface area contributed by atoms with E-state index < -0.39 is 5.60 Å². The maximum atomic E-state index is 12.5. The molecule has 1 unspecified atom stereocenters. The van der Waals surface area contributed by atoms with Crippen LogP contribution in [0.2, 0.25) is 0 Å². The Morgan fingerprint density at radius 1 is 1.00 bits per heavy atom. The highest BCUT2D eigenvalue weighted by atomic mass is 16.6. The Balaban J connectivity index is 1.47. The Bertz CT molecular complexity index is 888. The molecule has 4 rings (SSSR count). The van der Waals surface area contributed by atoms with Gasteiger partial charge in [0.1, 0.15) is 11.4 Å². The van der Waals surface area contributed by atoms with E-state index in [1.165, 1.54) is 24.0 Å². The van der Waals surface area contributed by atoms with Crippen LogP contribution in [0.25, 0.3) is 0 Å². The molecule has 6 heteroatoms. The van der Waals surface area contributed by atoms with E-state index in [-0.39, 0.29) is 6.09 Å². The first-order valence-corrected chi connectivity index (χ1v) is 11.9. The topological polar surface area (TPSA) is 48.9 Å². The van der Waals surface area contributed by atoms with Gasteiger partial charge in [-0.15, -0.1) is 0 Å². The van der Waals surface area contributed by atoms with Gasteiger partial charge in [-0.05, 0) is 51.8 Å². The zero-order valence-corrected chi connectivity index (χ0v) is 19.7. The summed E-state index contributed by atoms with van der Waals surface area (Å²) in [5, 5.41) is 0. The lowest BCUT2D eigenvalue weighted by Crippen LogP contribution is -2.50. The molecule has 1 aromatic carbocycles. The number of hydrogen-bond donors (Lipinski definition) is 0. The molecule has 0 aliphatic carbocycles. The highest BCUT2D eigenvalue weighted by Gasteiger charge is 2.31. The van der Waals surface area contributed by atoms with Crippen LogP contribution in [0.15, 0.2) is 48.7 Å². The van der Waals surface area contributed by atoms with Crippen molar-refractivity contribution in [3.05, 3.63) is 59.8 Å². The van der Waals surface area contributed by atoms with Gasteiger partial charge < -0.3 is 14.5 Å². The van der Waals surface area contributed by atoms with Crippen LogP contribution in [-0.4, -0.2) is 59.2 Å². The van der Waals surface area contributed by atoms with E-state index in [4.69, 9.17) is 9.72 Å². The lowest BCUT2D eigenvalue weighted by atomic mass is 9.94. The Morgan fingerprint density at radius 2 is 1.75 bits per heavy atom. The second-order valence-corrected chi connectivity index (χ2v) is 9.84. The van der Waals surface area contributed by atoms with Crippen LogP contribution in [-0.2, 0) is 11.3 Å². The van der Waals surface area contributed by atoms with E-state index in [2.05, 4.69) is 52.3 Å². The van der Waals surface area contributed by atoms with Gasteiger partial charge in [0.15, 0.2) is 0 Å². The molecule has 2 aromatic rings. The molecule has 6 nitrogen and oxygen atoms in total. The molecular weight excluding hydrogens is 400 g/mol. The quantitative estimate of drug-likeness (QED) is 0.685. The molecule has 2 saturated heterocycles. The lowest BCUT2D eigenvalue weighted by Gasteiger charge is -2.40. The van der Waals surface area contributed by atoms with Gasteiger partial charge in [-0.1, -0.05) is 42.8 Å². The summed E-state index contributed by atoms with van der Waals surface area (Å²) >= 11 is 0. The van der Waals surface area contributed by atoms with Gasteiger partial charge in [0.2, 0.25) is 0 Å². The first-order valence-electron chi connectivity index (χ1n) is 11.9. The summed E-state index contributed by atoms with van der Waals surface area (Å²) in [5.74, 6) is 1.07. The van der Waals surface area contributed by atoms with Gasteiger partial charge in [0.05, 0.1) is 0 Å². The molecule has 1 atom stereocenters. The van der Waals surface area contributed by atoms with E-state index in [0.29, 0.717) is 19.1 Å². The largest absolute Gasteiger partial charge is 0.444 e. The van der Waals surface area contributed by atoms with Crippen molar-refractivity contribution >= 4 is 11.9 Å². The molecule has 0 spiro atoms. The predicted molar refractivity (Wildman–Crippen MR) is 128 cm³/mol. The third kappa shape index (κ3) is 5.60. The molecule has 1 aromatic heterocycles. The second-order valence-electron chi connectivity index (χ2n) is 9.84. The van der Waals surface area contributed by atoms with E-state index >= 15 is 0 Å². The summed E-state index contributed by atoms with van der Waals surface area (Å²) in [4.78, 5) is 24.0. The van der Waals surface area contributed by atoms with Gasteiger partial charge in [-0.3, -0.25) is 4.90 Å². The number of carbonyl (C=O) groups excluding carboxylic acids is 1. The number of pyridine rings is 1. The van der Waals surface area contributed by atoms with Gasteiger partial charge >= 0.3 is 6.09 Å². The summed E-state index contributed by atoms with van der Waals surface area (Å²) in [5.41, 5.74) is 2.20. The van der Waals surface area contributed by atoms with Crippen molar-refractivity contribution in [3.8, 4) is 0 Å². The minimum atomic E-state index is -0.467. The zero-order valence-electron chi connectivity index (χ0n) is 19.7. The van der Waals surface area contributed by atoms with Crippen molar-refractivity contribution in [1.29, 1.82) is 0 Å². The standard InChI is InChI=1S/C26H36N4O2/c1-26(2,3)32-25(31)29-18-16-28(17-19-29)24-22(12-9-14-27-24)23-13-7-8-15-30(23)20-21-10-5-4-6-11-21/h4-6,9-12,14,23H,7-8,13,15-20H2,1-3H3. The third-order valence-electron chi connectivity index (χ3n) is 6.25. The monoisotopic (exact) mass is 436 g/mol. The molecule has 2 fully saturated rings. The Morgan fingerprint density at radius 3 is 2.47 bits per heavy atom. The molecule has 2 aliphatic rings. The zero-order chi connectivity index (χ0) is 22.6. The number of piperidine rings is 1. The SMILES string of the molecule is CC(C)(C)OC(=O)N1CCN(c2ncccc2C2CCCCN2Cc2ccccc2)CC1. The molecule has 0 N–H and O–H groups in total. The predicted octanol–water partition coefficient (Wildman–Crippen LogP) is 4.87. The van der Waals surface area contributed by atoms with Crippen LogP contribution in [0.5, 0.6) is 0 Å². The smallest absolute Gasteiger partial charge is 0.410 e. The van der Waals surface area contributed by atoms with Crippen molar-refractivity contribution in [2.45, 2.75) is 58.2 Å². The van der Waals surface area contributed by atoms with Gasteiger partial charge in [0, 0.05) is 50.5 Å².